The second kappa shape index (κ2) is 9.14. The number of hydrogen-bond acceptors (Lipinski definition) is 4. The van der Waals surface area contributed by atoms with Crippen LogP contribution in [-0.4, -0.2) is 38.7 Å². The molecule has 0 radical (unpaired) electrons. The number of halogens is 1. The highest BCUT2D eigenvalue weighted by molar-refractivity contribution is 5.82. The highest BCUT2D eigenvalue weighted by Gasteiger charge is 2.42. The molecule has 2 atom stereocenters. The van der Waals surface area contributed by atoms with Crippen molar-refractivity contribution in [3.63, 3.8) is 0 Å². The van der Waals surface area contributed by atoms with Gasteiger partial charge in [0.1, 0.15) is 11.6 Å². The van der Waals surface area contributed by atoms with Gasteiger partial charge in [0.25, 0.3) is 0 Å². The number of rotatable bonds is 5. The molecule has 0 aliphatic carbocycles. The van der Waals surface area contributed by atoms with Gasteiger partial charge in [-0.2, -0.15) is 0 Å². The normalized spacial score (nSPS) is 19.5. The van der Waals surface area contributed by atoms with Gasteiger partial charge in [-0.15, -0.1) is 0 Å². The van der Waals surface area contributed by atoms with Gasteiger partial charge in [-0.3, -0.25) is 4.79 Å². The third kappa shape index (κ3) is 4.25. The van der Waals surface area contributed by atoms with Crippen LogP contribution in [0.15, 0.2) is 72.8 Å². The van der Waals surface area contributed by atoms with E-state index < -0.39 is 0 Å². The maximum atomic E-state index is 14.5. The molecule has 2 aliphatic heterocycles. The number of anilines is 2. The number of hydrogen-bond donors (Lipinski definition) is 1. The first-order valence-corrected chi connectivity index (χ1v) is 11.4. The Bertz CT molecular complexity index is 1140. The van der Waals surface area contributed by atoms with Crippen LogP contribution in [0.4, 0.5) is 15.8 Å². The molecule has 6 heteroatoms. The van der Waals surface area contributed by atoms with Crippen LogP contribution in [-0.2, 0) is 17.8 Å². The zero-order valence-corrected chi connectivity index (χ0v) is 18.7. The Hall–Kier alpha value is -3.54. The number of amides is 1. The summed E-state index contributed by atoms with van der Waals surface area (Å²) >= 11 is 0. The van der Waals surface area contributed by atoms with Gasteiger partial charge in [-0.05, 0) is 35.7 Å². The lowest BCUT2D eigenvalue weighted by atomic mass is 9.83. The molecule has 1 N–H and O–H groups in total. The lowest BCUT2D eigenvalue weighted by Crippen LogP contribution is -2.61. The smallest absolute Gasteiger partial charge is 0.225 e. The van der Waals surface area contributed by atoms with Gasteiger partial charge < -0.3 is 19.9 Å². The molecule has 3 aromatic rings. The monoisotopic (exact) mass is 445 g/mol. The van der Waals surface area contributed by atoms with Crippen LogP contribution in [0.5, 0.6) is 5.75 Å². The zero-order valence-electron chi connectivity index (χ0n) is 18.7. The van der Waals surface area contributed by atoms with E-state index in [0.29, 0.717) is 38.3 Å². The Morgan fingerprint density at radius 1 is 1.03 bits per heavy atom. The summed E-state index contributed by atoms with van der Waals surface area (Å²) in [6, 6.07) is 22.8. The lowest BCUT2D eigenvalue weighted by molar-refractivity contribution is -0.126. The van der Waals surface area contributed by atoms with E-state index in [1.165, 1.54) is 6.07 Å². The molecule has 1 saturated heterocycles. The minimum absolute atomic E-state index is 0.0331. The van der Waals surface area contributed by atoms with E-state index in [0.717, 1.165) is 22.6 Å². The lowest BCUT2D eigenvalue weighted by Gasteiger charge is -2.49. The number of nitrogens with zero attached hydrogens (tertiary/aromatic N) is 2. The number of fused-ring (bicyclic) bond motifs is 3. The number of ether oxygens (including phenoxy) is 1. The first-order chi connectivity index (χ1) is 16.1. The summed E-state index contributed by atoms with van der Waals surface area (Å²) in [7, 11) is 1.66. The van der Waals surface area contributed by atoms with Crippen LogP contribution in [0.25, 0.3) is 0 Å². The fourth-order valence-corrected chi connectivity index (χ4v) is 5.05. The Labute approximate surface area is 193 Å². The minimum Gasteiger partial charge on any atom is -0.497 e. The van der Waals surface area contributed by atoms with E-state index in [1.54, 1.807) is 13.2 Å². The van der Waals surface area contributed by atoms with Crippen molar-refractivity contribution in [3.05, 3.63) is 89.7 Å². The maximum Gasteiger partial charge on any atom is 0.225 e. The second-order valence-electron chi connectivity index (χ2n) is 8.67. The standard InChI is InChI=1S/C27H28FN3O2/c1-33-21-12-11-20-15-22(27(32)29-17-19-7-3-2-4-8-19)26-18-30(13-14-31(26)25(20)16-21)24-10-6-5-9-23(24)28/h2-12,16,22,26H,13-15,17-18H2,1H3,(H,29,32)/t22-,26+/m1/s1. The topological polar surface area (TPSA) is 44.8 Å². The molecule has 1 fully saturated rings. The maximum absolute atomic E-state index is 14.5. The van der Waals surface area contributed by atoms with Crippen molar-refractivity contribution in [3.8, 4) is 5.75 Å². The van der Waals surface area contributed by atoms with E-state index in [9.17, 15) is 9.18 Å². The first-order valence-electron chi connectivity index (χ1n) is 11.4. The van der Waals surface area contributed by atoms with Gasteiger partial charge in [0.15, 0.2) is 0 Å². The summed E-state index contributed by atoms with van der Waals surface area (Å²) in [4.78, 5) is 17.8. The van der Waals surface area contributed by atoms with E-state index >= 15 is 0 Å². The zero-order chi connectivity index (χ0) is 22.8. The molecule has 2 aliphatic rings. The van der Waals surface area contributed by atoms with Gasteiger partial charge in [0.2, 0.25) is 5.91 Å². The Kier molecular flexibility index (Phi) is 5.90. The quantitative estimate of drug-likeness (QED) is 0.645. The Morgan fingerprint density at radius 3 is 2.61 bits per heavy atom. The van der Waals surface area contributed by atoms with E-state index in [-0.39, 0.29) is 23.7 Å². The van der Waals surface area contributed by atoms with Crippen molar-refractivity contribution in [2.24, 2.45) is 5.92 Å². The summed E-state index contributed by atoms with van der Waals surface area (Å²) in [6.07, 6.45) is 0.645. The van der Waals surface area contributed by atoms with Crippen molar-refractivity contribution in [2.75, 3.05) is 36.5 Å². The van der Waals surface area contributed by atoms with Crippen molar-refractivity contribution < 1.29 is 13.9 Å². The van der Waals surface area contributed by atoms with Gasteiger partial charge in [0.05, 0.1) is 24.8 Å². The first kappa shape index (κ1) is 21.3. The molecule has 33 heavy (non-hydrogen) atoms. The van der Waals surface area contributed by atoms with Gasteiger partial charge in [-0.25, -0.2) is 4.39 Å². The van der Waals surface area contributed by atoms with Crippen LogP contribution in [0.2, 0.25) is 0 Å². The van der Waals surface area contributed by atoms with Crippen LogP contribution < -0.4 is 19.9 Å². The molecule has 5 rings (SSSR count). The van der Waals surface area contributed by atoms with Gasteiger partial charge >= 0.3 is 0 Å². The van der Waals surface area contributed by atoms with Gasteiger partial charge in [-0.1, -0.05) is 48.5 Å². The fraction of sp³-hybridized carbons (Fsp3) is 0.296. The van der Waals surface area contributed by atoms with Gasteiger partial charge in [0, 0.05) is 37.9 Å². The molecular weight excluding hydrogens is 417 g/mol. The molecule has 1 amide bonds. The van der Waals surface area contributed by atoms with E-state index in [4.69, 9.17) is 4.74 Å². The van der Waals surface area contributed by atoms with Crippen LogP contribution in [0.3, 0.4) is 0 Å². The van der Waals surface area contributed by atoms with E-state index in [1.807, 2.05) is 48.5 Å². The average Bonchev–Trinajstić information content (AvgIpc) is 2.87. The molecule has 0 saturated carbocycles. The summed E-state index contributed by atoms with van der Waals surface area (Å²) in [5, 5.41) is 3.14. The van der Waals surface area contributed by atoms with Crippen LogP contribution in [0.1, 0.15) is 11.1 Å². The molecule has 0 aromatic heterocycles. The highest BCUT2D eigenvalue weighted by Crippen LogP contribution is 2.39. The molecule has 0 unspecified atom stereocenters. The van der Waals surface area contributed by atoms with Crippen LogP contribution >= 0.6 is 0 Å². The molecular formula is C27H28FN3O2. The number of benzene rings is 3. The molecule has 3 aromatic carbocycles. The van der Waals surface area contributed by atoms with Crippen LogP contribution in [0, 0.1) is 11.7 Å². The number of methoxy groups -OCH3 is 1. The molecule has 0 bridgehead atoms. The summed E-state index contributed by atoms with van der Waals surface area (Å²) in [5.41, 5.74) is 3.92. The molecule has 170 valence electrons. The second-order valence-corrected chi connectivity index (χ2v) is 8.67. The Balaban J connectivity index is 1.43. The summed E-state index contributed by atoms with van der Waals surface area (Å²) in [5.74, 6) is 0.375. The molecule has 2 heterocycles. The average molecular weight is 446 g/mol. The number of carbonyl (C=O) groups is 1. The largest absolute Gasteiger partial charge is 0.497 e. The SMILES string of the molecule is COc1ccc2c(c1)N1CCN(c3ccccc3F)C[C@H]1[C@H](C(=O)NCc1ccccc1)C2. The number of piperazine rings is 1. The van der Waals surface area contributed by atoms with Crippen molar-refractivity contribution >= 4 is 17.3 Å². The van der Waals surface area contributed by atoms with Crippen molar-refractivity contribution in [2.45, 2.75) is 19.0 Å². The third-order valence-corrected chi connectivity index (χ3v) is 6.76. The predicted octanol–water partition coefficient (Wildman–Crippen LogP) is 4.02. The number of carbonyl (C=O) groups excluding carboxylic acids is 1. The third-order valence-electron chi connectivity index (χ3n) is 6.76. The summed E-state index contributed by atoms with van der Waals surface area (Å²) in [6.45, 7) is 2.48. The van der Waals surface area contributed by atoms with E-state index in [2.05, 4.69) is 27.2 Å². The number of para-hydroxylation sites is 1. The summed E-state index contributed by atoms with van der Waals surface area (Å²) < 4.78 is 20.0. The number of nitrogens with one attached hydrogen (secondary N) is 1. The Morgan fingerprint density at radius 2 is 1.82 bits per heavy atom. The van der Waals surface area contributed by atoms with Crippen molar-refractivity contribution in [1.29, 1.82) is 0 Å². The van der Waals surface area contributed by atoms with Crippen molar-refractivity contribution in [1.82, 2.24) is 5.32 Å². The fourth-order valence-electron chi connectivity index (χ4n) is 5.05. The molecule has 0 spiro atoms. The minimum atomic E-state index is -0.232. The highest BCUT2D eigenvalue weighted by atomic mass is 19.1. The predicted molar refractivity (Wildman–Crippen MR) is 128 cm³/mol. The molecule has 5 nitrogen and oxygen atoms in total.